The van der Waals surface area contributed by atoms with Gasteiger partial charge in [0.1, 0.15) is 10.6 Å². The van der Waals surface area contributed by atoms with Crippen LogP contribution >= 0.6 is 22.7 Å². The van der Waals surface area contributed by atoms with E-state index in [-0.39, 0.29) is 5.78 Å². The molecule has 0 atom stereocenters. The normalized spacial score (nSPS) is 10.9. The predicted octanol–water partition coefficient (Wildman–Crippen LogP) is 6.95. The molecule has 0 fully saturated rings. The van der Waals surface area contributed by atoms with Gasteiger partial charge in [-0.25, -0.2) is 4.98 Å². The van der Waals surface area contributed by atoms with Crippen LogP contribution in [0.1, 0.15) is 15.2 Å². The molecule has 5 aromatic rings. The first-order valence-corrected chi connectivity index (χ1v) is 12.2. The zero-order valence-corrected chi connectivity index (χ0v) is 20.5. The predicted molar refractivity (Wildman–Crippen MR) is 138 cm³/mol. The van der Waals surface area contributed by atoms with Crippen molar-refractivity contribution in [1.82, 2.24) is 4.98 Å². The van der Waals surface area contributed by atoms with E-state index in [4.69, 9.17) is 19.2 Å². The van der Waals surface area contributed by atoms with Crippen molar-refractivity contribution in [1.29, 1.82) is 0 Å². The van der Waals surface area contributed by atoms with Gasteiger partial charge in [0.15, 0.2) is 11.5 Å². The van der Waals surface area contributed by atoms with Crippen molar-refractivity contribution < 1.29 is 19.0 Å². The van der Waals surface area contributed by atoms with Crippen LogP contribution in [0.15, 0.2) is 72.1 Å². The molecule has 0 aliphatic rings. The quantitative estimate of drug-likeness (QED) is 0.233. The van der Waals surface area contributed by atoms with E-state index in [1.165, 1.54) is 11.3 Å². The Morgan fingerprint density at radius 2 is 1.65 bits per heavy atom. The van der Waals surface area contributed by atoms with Gasteiger partial charge in [0.2, 0.25) is 5.78 Å². The third kappa shape index (κ3) is 4.04. The summed E-state index contributed by atoms with van der Waals surface area (Å²) in [6.45, 7) is 0. The molecule has 34 heavy (non-hydrogen) atoms. The summed E-state index contributed by atoms with van der Waals surface area (Å²) in [6.07, 6.45) is 0. The number of ether oxygens (including phenoxy) is 3. The minimum atomic E-state index is -0.0402. The minimum Gasteiger partial charge on any atom is -0.497 e. The van der Waals surface area contributed by atoms with Crippen molar-refractivity contribution in [2.45, 2.75) is 0 Å². The number of benzene rings is 2. The number of rotatable bonds is 7. The summed E-state index contributed by atoms with van der Waals surface area (Å²) >= 11 is 3.04. The number of fused-ring (bicyclic) bond motifs is 1. The Morgan fingerprint density at radius 1 is 0.853 bits per heavy atom. The average molecular weight is 488 g/mol. The second-order valence-electron chi connectivity index (χ2n) is 7.49. The van der Waals surface area contributed by atoms with Gasteiger partial charge in [-0.2, -0.15) is 0 Å². The van der Waals surface area contributed by atoms with Gasteiger partial charge < -0.3 is 14.2 Å². The van der Waals surface area contributed by atoms with E-state index in [0.29, 0.717) is 27.7 Å². The lowest BCUT2D eigenvalue weighted by Gasteiger charge is -2.11. The monoisotopic (exact) mass is 487 g/mol. The summed E-state index contributed by atoms with van der Waals surface area (Å²) in [5, 5.41) is 2.96. The summed E-state index contributed by atoms with van der Waals surface area (Å²) in [5.41, 5.74) is 3.43. The highest BCUT2D eigenvalue weighted by molar-refractivity contribution is 7.20. The van der Waals surface area contributed by atoms with E-state index in [2.05, 4.69) is 6.07 Å². The highest BCUT2D eigenvalue weighted by atomic mass is 32.1. The standard InChI is InChI=1S/C27H21NO4S2/c1-30-18-9-6-16(7-10-18)26(29)25-15-20-19(17-8-11-22(31-2)23(13-17)32-3)14-21(28-27(20)34-25)24-5-4-12-33-24/h4-15H,1-3H3. The summed E-state index contributed by atoms with van der Waals surface area (Å²) in [5.74, 6) is 1.98. The average Bonchev–Trinajstić information content (AvgIpc) is 3.57. The number of carbonyl (C=O) groups excluding carboxylic acids is 1. The van der Waals surface area contributed by atoms with E-state index >= 15 is 0 Å². The Kier molecular flexibility index (Phi) is 6.04. The highest BCUT2D eigenvalue weighted by Crippen LogP contribution is 2.40. The van der Waals surface area contributed by atoms with Crippen LogP contribution in [0.3, 0.4) is 0 Å². The molecule has 0 radical (unpaired) electrons. The molecule has 0 spiro atoms. The Balaban J connectivity index is 1.67. The van der Waals surface area contributed by atoms with Crippen LogP contribution in [0.5, 0.6) is 17.2 Å². The summed E-state index contributed by atoms with van der Waals surface area (Å²) in [4.78, 5) is 20.7. The third-order valence-corrected chi connectivity index (χ3v) is 7.47. The maximum Gasteiger partial charge on any atom is 0.203 e. The number of hydrogen-bond acceptors (Lipinski definition) is 7. The van der Waals surface area contributed by atoms with Gasteiger partial charge in [-0.3, -0.25) is 4.79 Å². The lowest BCUT2D eigenvalue weighted by Crippen LogP contribution is -1.98. The first kappa shape index (κ1) is 22.1. The lowest BCUT2D eigenvalue weighted by atomic mass is 10.0. The van der Waals surface area contributed by atoms with Gasteiger partial charge in [0.25, 0.3) is 0 Å². The molecule has 0 bridgehead atoms. The van der Waals surface area contributed by atoms with E-state index in [1.807, 2.05) is 41.8 Å². The number of methoxy groups -OCH3 is 3. The second-order valence-corrected chi connectivity index (χ2v) is 9.47. The molecule has 2 aromatic carbocycles. The molecule has 0 aliphatic carbocycles. The molecule has 3 aromatic heterocycles. The van der Waals surface area contributed by atoms with Gasteiger partial charge in [0.05, 0.1) is 36.8 Å². The first-order chi connectivity index (χ1) is 16.6. The van der Waals surface area contributed by atoms with E-state index in [9.17, 15) is 4.79 Å². The Bertz CT molecular complexity index is 1470. The summed E-state index contributed by atoms with van der Waals surface area (Å²) < 4.78 is 16.2. The largest absolute Gasteiger partial charge is 0.497 e. The Morgan fingerprint density at radius 3 is 2.32 bits per heavy atom. The van der Waals surface area contributed by atoms with Crippen molar-refractivity contribution in [3.63, 3.8) is 0 Å². The molecule has 5 nitrogen and oxygen atoms in total. The van der Waals surface area contributed by atoms with E-state index in [1.54, 1.807) is 56.9 Å². The van der Waals surface area contributed by atoms with Gasteiger partial charge >= 0.3 is 0 Å². The molecule has 170 valence electrons. The lowest BCUT2D eigenvalue weighted by molar-refractivity contribution is 0.104. The van der Waals surface area contributed by atoms with Crippen molar-refractivity contribution in [3.8, 4) is 38.9 Å². The smallest absolute Gasteiger partial charge is 0.203 e. The van der Waals surface area contributed by atoms with E-state index in [0.717, 1.165) is 31.9 Å². The maximum atomic E-state index is 13.3. The number of nitrogens with zero attached hydrogens (tertiary/aromatic N) is 1. The zero-order valence-electron chi connectivity index (χ0n) is 18.8. The molecule has 3 heterocycles. The molecule has 0 unspecified atom stereocenters. The van der Waals surface area contributed by atoms with Gasteiger partial charge in [-0.05, 0) is 71.1 Å². The molecule has 7 heteroatoms. The van der Waals surface area contributed by atoms with Crippen LogP contribution in [-0.4, -0.2) is 32.1 Å². The minimum absolute atomic E-state index is 0.0402. The SMILES string of the molecule is COc1ccc(C(=O)c2cc3c(-c4ccc(OC)c(OC)c4)cc(-c4cccs4)nc3s2)cc1. The number of carbonyl (C=O) groups is 1. The van der Waals surface area contributed by atoms with Crippen molar-refractivity contribution in [3.05, 3.63) is 82.6 Å². The van der Waals surface area contributed by atoms with Crippen molar-refractivity contribution in [2.24, 2.45) is 0 Å². The molecule has 0 aliphatic heterocycles. The topological polar surface area (TPSA) is 57.7 Å². The van der Waals surface area contributed by atoms with E-state index < -0.39 is 0 Å². The van der Waals surface area contributed by atoms with Crippen LogP contribution in [0, 0.1) is 0 Å². The molecule has 0 amide bonds. The molecule has 5 rings (SSSR count). The van der Waals surface area contributed by atoms with Gasteiger partial charge in [-0.1, -0.05) is 12.1 Å². The van der Waals surface area contributed by atoms with Gasteiger partial charge in [0, 0.05) is 10.9 Å². The number of hydrogen-bond donors (Lipinski definition) is 0. The zero-order chi connectivity index (χ0) is 23.7. The van der Waals surface area contributed by atoms with Crippen molar-refractivity contribution >= 4 is 38.7 Å². The molecule has 0 N–H and O–H groups in total. The van der Waals surface area contributed by atoms with Gasteiger partial charge in [-0.15, -0.1) is 22.7 Å². The van der Waals surface area contributed by atoms with Crippen LogP contribution in [0.4, 0.5) is 0 Å². The number of pyridine rings is 1. The first-order valence-electron chi connectivity index (χ1n) is 10.5. The van der Waals surface area contributed by atoms with Crippen molar-refractivity contribution in [2.75, 3.05) is 21.3 Å². The summed E-state index contributed by atoms with van der Waals surface area (Å²) in [6, 6.07) is 21.1. The third-order valence-electron chi connectivity index (χ3n) is 5.55. The van der Waals surface area contributed by atoms with Crippen LogP contribution in [0.2, 0.25) is 0 Å². The fourth-order valence-electron chi connectivity index (χ4n) is 3.80. The second kappa shape index (κ2) is 9.29. The molecule has 0 saturated carbocycles. The summed E-state index contributed by atoms with van der Waals surface area (Å²) in [7, 11) is 4.85. The molecular weight excluding hydrogens is 466 g/mol. The number of ketones is 1. The van der Waals surface area contributed by atoms with Crippen LogP contribution in [0.25, 0.3) is 31.9 Å². The number of thiophene rings is 2. The van der Waals surface area contributed by atoms with Crippen LogP contribution < -0.4 is 14.2 Å². The fraction of sp³-hybridized carbons (Fsp3) is 0.111. The maximum absolute atomic E-state index is 13.3. The number of aromatic nitrogens is 1. The Labute approximate surface area is 205 Å². The van der Waals surface area contributed by atoms with Crippen LogP contribution in [-0.2, 0) is 0 Å². The molecule has 0 saturated heterocycles. The Hall–Kier alpha value is -3.68. The highest BCUT2D eigenvalue weighted by Gasteiger charge is 2.19. The fourth-order valence-corrected chi connectivity index (χ4v) is 5.51. The molecular formula is C27H21NO4S2.